The maximum Gasteiger partial charge on any atom is 0.0505 e. The maximum absolute atomic E-state index is 9.27. The van der Waals surface area contributed by atoms with Crippen LogP contribution in [0.3, 0.4) is 0 Å². The Labute approximate surface area is 73.5 Å². The van der Waals surface area contributed by atoms with E-state index in [0.29, 0.717) is 12.0 Å². The number of rotatable bonds is 2. The highest BCUT2D eigenvalue weighted by Crippen LogP contribution is 2.67. The molecule has 1 saturated heterocycles. The van der Waals surface area contributed by atoms with Gasteiger partial charge in [-0.05, 0) is 31.8 Å². The van der Waals surface area contributed by atoms with Crippen LogP contribution in [0.1, 0.15) is 12.8 Å². The van der Waals surface area contributed by atoms with Gasteiger partial charge in [0.2, 0.25) is 0 Å². The highest BCUT2D eigenvalue weighted by molar-refractivity contribution is 5.18. The molecule has 0 radical (unpaired) electrons. The van der Waals surface area contributed by atoms with Gasteiger partial charge in [0, 0.05) is 18.5 Å². The van der Waals surface area contributed by atoms with Crippen LogP contribution in [-0.2, 0) is 0 Å². The zero-order chi connectivity index (χ0) is 8.82. The molecule has 0 bridgehead atoms. The third kappa shape index (κ3) is 0.873. The molecular weight excluding hydrogens is 152 g/mol. The van der Waals surface area contributed by atoms with Gasteiger partial charge in [-0.1, -0.05) is 0 Å². The second kappa shape index (κ2) is 2.44. The number of nitrogens with zero attached hydrogens (tertiary/aromatic N) is 1. The second-order valence-corrected chi connectivity index (χ2v) is 4.59. The van der Waals surface area contributed by atoms with Crippen molar-refractivity contribution < 1.29 is 5.11 Å². The minimum absolute atomic E-state index is 0.0811. The summed E-state index contributed by atoms with van der Waals surface area (Å²) in [4.78, 5) is 2.34. The van der Waals surface area contributed by atoms with Crippen LogP contribution in [0.5, 0.6) is 0 Å². The molecule has 12 heavy (non-hydrogen) atoms. The molecule has 1 saturated carbocycles. The van der Waals surface area contributed by atoms with Crippen molar-refractivity contribution in [2.45, 2.75) is 12.8 Å². The highest BCUT2D eigenvalue weighted by Gasteiger charge is 2.67. The molecule has 70 valence electrons. The van der Waals surface area contributed by atoms with Crippen LogP contribution in [0, 0.1) is 10.8 Å². The number of hydrogen-bond donors (Lipinski definition) is 2. The summed E-state index contributed by atoms with van der Waals surface area (Å²) in [5, 5.41) is 9.27. The molecule has 1 aliphatic carbocycles. The summed E-state index contributed by atoms with van der Waals surface area (Å²) in [6, 6.07) is 0. The normalized spacial score (nSPS) is 47.2. The van der Waals surface area contributed by atoms with Gasteiger partial charge in [0.1, 0.15) is 0 Å². The lowest BCUT2D eigenvalue weighted by molar-refractivity contribution is 0.176. The van der Waals surface area contributed by atoms with E-state index in [0.717, 1.165) is 13.0 Å². The first-order valence-electron chi connectivity index (χ1n) is 4.68. The van der Waals surface area contributed by atoms with Crippen LogP contribution in [0.25, 0.3) is 0 Å². The quantitative estimate of drug-likeness (QED) is 0.595. The first-order chi connectivity index (χ1) is 5.68. The van der Waals surface area contributed by atoms with Crippen molar-refractivity contribution >= 4 is 0 Å². The summed E-state index contributed by atoms with van der Waals surface area (Å²) < 4.78 is 0. The summed E-state index contributed by atoms with van der Waals surface area (Å²) in [6.07, 6.45) is 2.36. The molecule has 2 atom stereocenters. The van der Waals surface area contributed by atoms with Gasteiger partial charge in [0.15, 0.2) is 0 Å². The Bertz CT molecular complexity index is 191. The van der Waals surface area contributed by atoms with Crippen molar-refractivity contribution in [1.29, 1.82) is 0 Å². The lowest BCUT2D eigenvalue weighted by Gasteiger charge is -2.18. The third-order valence-electron chi connectivity index (χ3n) is 3.91. The molecule has 2 fully saturated rings. The van der Waals surface area contributed by atoms with E-state index in [-0.39, 0.29) is 12.0 Å². The Balaban J connectivity index is 2.08. The van der Waals surface area contributed by atoms with Gasteiger partial charge < -0.3 is 15.7 Å². The first-order valence-corrected chi connectivity index (χ1v) is 4.68. The summed E-state index contributed by atoms with van der Waals surface area (Å²) in [7, 11) is 2.14. The van der Waals surface area contributed by atoms with Crippen LogP contribution >= 0.6 is 0 Å². The molecule has 2 rings (SSSR count). The molecule has 0 aromatic rings. The largest absolute Gasteiger partial charge is 0.396 e. The summed E-state index contributed by atoms with van der Waals surface area (Å²) in [6.45, 7) is 3.22. The molecule has 0 aromatic carbocycles. The Kier molecular flexibility index (Phi) is 1.72. The fraction of sp³-hybridized carbons (Fsp3) is 1.00. The van der Waals surface area contributed by atoms with Gasteiger partial charge in [-0.15, -0.1) is 0 Å². The maximum atomic E-state index is 9.27. The highest BCUT2D eigenvalue weighted by atomic mass is 16.3. The lowest BCUT2D eigenvalue weighted by Crippen LogP contribution is -2.28. The third-order valence-corrected chi connectivity index (χ3v) is 3.91. The number of aliphatic hydroxyl groups is 1. The Morgan fingerprint density at radius 3 is 2.67 bits per heavy atom. The smallest absolute Gasteiger partial charge is 0.0505 e. The Morgan fingerprint density at radius 1 is 1.58 bits per heavy atom. The summed E-state index contributed by atoms with van der Waals surface area (Å²) >= 11 is 0. The zero-order valence-corrected chi connectivity index (χ0v) is 7.71. The SMILES string of the molecule is CN1CCC2(C1)CC2(CN)CO. The number of hydrogen-bond acceptors (Lipinski definition) is 3. The predicted molar refractivity (Wildman–Crippen MR) is 47.7 cm³/mol. The van der Waals surface area contributed by atoms with Crippen molar-refractivity contribution in [2.75, 3.05) is 33.3 Å². The van der Waals surface area contributed by atoms with Crippen molar-refractivity contribution in [2.24, 2.45) is 16.6 Å². The van der Waals surface area contributed by atoms with Gasteiger partial charge in [0.25, 0.3) is 0 Å². The molecule has 2 unspecified atom stereocenters. The fourth-order valence-corrected chi connectivity index (χ4v) is 2.84. The molecule has 3 nitrogen and oxygen atoms in total. The molecule has 0 amide bonds. The van der Waals surface area contributed by atoms with E-state index in [1.165, 1.54) is 13.0 Å². The van der Waals surface area contributed by atoms with Crippen molar-refractivity contribution in [3.63, 3.8) is 0 Å². The number of likely N-dealkylation sites (tertiary alicyclic amines) is 1. The molecule has 0 aromatic heterocycles. The van der Waals surface area contributed by atoms with E-state index in [4.69, 9.17) is 5.73 Å². The standard InChI is InChI=1S/C9H18N2O/c1-11-3-2-8(6-11)4-9(8,5-10)7-12/h12H,2-7,10H2,1H3. The van der Waals surface area contributed by atoms with Gasteiger partial charge in [-0.3, -0.25) is 0 Å². The van der Waals surface area contributed by atoms with E-state index >= 15 is 0 Å². The Hall–Kier alpha value is -0.120. The molecule has 3 N–H and O–H groups in total. The summed E-state index contributed by atoms with van der Waals surface area (Å²) in [5.74, 6) is 0. The van der Waals surface area contributed by atoms with Crippen molar-refractivity contribution in [3.8, 4) is 0 Å². The average molecular weight is 170 g/mol. The molecule has 1 heterocycles. The van der Waals surface area contributed by atoms with Gasteiger partial charge >= 0.3 is 0 Å². The van der Waals surface area contributed by atoms with E-state index in [1.807, 2.05) is 0 Å². The molecule has 2 aliphatic rings. The van der Waals surface area contributed by atoms with E-state index in [1.54, 1.807) is 0 Å². The Morgan fingerprint density at radius 2 is 2.33 bits per heavy atom. The monoisotopic (exact) mass is 170 g/mol. The van der Waals surface area contributed by atoms with Crippen LogP contribution in [0.4, 0.5) is 0 Å². The molecular formula is C9H18N2O. The number of aliphatic hydroxyl groups excluding tert-OH is 1. The lowest BCUT2D eigenvalue weighted by atomic mass is 9.92. The van der Waals surface area contributed by atoms with Crippen LogP contribution in [-0.4, -0.2) is 43.3 Å². The average Bonchev–Trinajstić information content (AvgIpc) is 2.54. The zero-order valence-electron chi connectivity index (χ0n) is 7.71. The first kappa shape index (κ1) is 8.48. The topological polar surface area (TPSA) is 49.5 Å². The summed E-state index contributed by atoms with van der Waals surface area (Å²) in [5.41, 5.74) is 6.16. The van der Waals surface area contributed by atoms with E-state index < -0.39 is 0 Å². The van der Waals surface area contributed by atoms with Crippen LogP contribution in [0.15, 0.2) is 0 Å². The fourth-order valence-electron chi connectivity index (χ4n) is 2.84. The van der Waals surface area contributed by atoms with Gasteiger partial charge in [0.05, 0.1) is 6.61 Å². The van der Waals surface area contributed by atoms with E-state index in [9.17, 15) is 5.11 Å². The van der Waals surface area contributed by atoms with Crippen LogP contribution < -0.4 is 5.73 Å². The van der Waals surface area contributed by atoms with Crippen molar-refractivity contribution in [1.82, 2.24) is 4.90 Å². The van der Waals surface area contributed by atoms with Gasteiger partial charge in [-0.25, -0.2) is 0 Å². The van der Waals surface area contributed by atoms with Gasteiger partial charge in [-0.2, -0.15) is 0 Å². The minimum atomic E-state index is 0.0811. The van der Waals surface area contributed by atoms with Crippen molar-refractivity contribution in [3.05, 3.63) is 0 Å². The molecule has 1 spiro atoms. The molecule has 3 heteroatoms. The molecule has 1 aliphatic heterocycles. The second-order valence-electron chi connectivity index (χ2n) is 4.59. The minimum Gasteiger partial charge on any atom is -0.396 e. The van der Waals surface area contributed by atoms with Crippen LogP contribution in [0.2, 0.25) is 0 Å². The number of nitrogens with two attached hydrogens (primary N) is 1. The van der Waals surface area contributed by atoms with E-state index in [2.05, 4.69) is 11.9 Å². The predicted octanol–water partition coefficient (Wildman–Crippen LogP) is -0.351.